The van der Waals surface area contributed by atoms with Gasteiger partial charge in [0.15, 0.2) is 0 Å². The van der Waals surface area contributed by atoms with Gasteiger partial charge in [-0.3, -0.25) is 4.79 Å². The minimum atomic E-state index is 0.0651. The number of rotatable bonds is 6. The summed E-state index contributed by atoms with van der Waals surface area (Å²) in [7, 11) is 0. The fraction of sp³-hybridized carbons (Fsp3) is 0.733. The predicted octanol–water partition coefficient (Wildman–Crippen LogP) is 3.71. The second kappa shape index (κ2) is 7.04. The number of amides is 1. The molecule has 1 saturated carbocycles. The number of aryl methyl sites for hydroxylation is 2. The van der Waals surface area contributed by atoms with E-state index < -0.39 is 0 Å². The number of carbonyl (C=O) groups is 1. The number of thiazole rings is 1. The molecule has 1 aromatic heterocycles. The molecular formula is C15H24N2OS. The highest BCUT2D eigenvalue weighted by Gasteiger charge is 2.17. The van der Waals surface area contributed by atoms with Crippen LogP contribution in [0.4, 0.5) is 0 Å². The summed E-state index contributed by atoms with van der Waals surface area (Å²) in [6, 6.07) is 0. The Kier molecular flexibility index (Phi) is 5.37. The molecule has 1 heterocycles. The van der Waals surface area contributed by atoms with Crippen LogP contribution in [0.2, 0.25) is 0 Å². The summed E-state index contributed by atoms with van der Waals surface area (Å²) in [5.41, 5.74) is 0.881. The lowest BCUT2D eigenvalue weighted by Crippen LogP contribution is -2.25. The fourth-order valence-corrected chi connectivity index (χ4v) is 3.84. The smallest absolute Gasteiger partial charge is 0.263 e. The lowest BCUT2D eigenvalue weighted by atomic mass is 10.0. The predicted molar refractivity (Wildman–Crippen MR) is 79.8 cm³/mol. The largest absolute Gasteiger partial charge is 0.351 e. The second-order valence-electron chi connectivity index (χ2n) is 5.47. The van der Waals surface area contributed by atoms with Gasteiger partial charge in [0, 0.05) is 6.54 Å². The number of nitrogens with one attached hydrogen (secondary N) is 1. The van der Waals surface area contributed by atoms with E-state index in [0.29, 0.717) is 0 Å². The quantitative estimate of drug-likeness (QED) is 0.863. The Bertz CT molecular complexity index is 422. The van der Waals surface area contributed by atoms with Gasteiger partial charge in [-0.15, -0.1) is 11.3 Å². The van der Waals surface area contributed by atoms with Gasteiger partial charge in [-0.05, 0) is 32.1 Å². The van der Waals surface area contributed by atoms with Crippen molar-refractivity contribution in [3.05, 3.63) is 15.6 Å². The van der Waals surface area contributed by atoms with E-state index in [9.17, 15) is 4.79 Å². The van der Waals surface area contributed by atoms with Crippen LogP contribution >= 0.6 is 11.3 Å². The Balaban J connectivity index is 1.81. The van der Waals surface area contributed by atoms with Crippen LogP contribution in [0.3, 0.4) is 0 Å². The van der Waals surface area contributed by atoms with Crippen molar-refractivity contribution in [2.45, 2.75) is 58.8 Å². The number of hydrogen-bond acceptors (Lipinski definition) is 3. The van der Waals surface area contributed by atoms with Crippen LogP contribution < -0.4 is 5.32 Å². The molecule has 0 spiro atoms. The molecule has 1 aromatic rings. The summed E-state index contributed by atoms with van der Waals surface area (Å²) in [6.45, 7) is 4.88. The van der Waals surface area contributed by atoms with E-state index in [1.807, 2.05) is 6.92 Å². The van der Waals surface area contributed by atoms with Crippen molar-refractivity contribution >= 4 is 17.2 Å². The molecule has 106 valence electrons. The van der Waals surface area contributed by atoms with E-state index in [-0.39, 0.29) is 5.91 Å². The summed E-state index contributed by atoms with van der Waals surface area (Å²) in [5.74, 6) is 0.897. The molecule has 1 N–H and O–H groups in total. The molecule has 0 saturated heterocycles. The first-order valence-electron chi connectivity index (χ1n) is 7.45. The lowest BCUT2D eigenvalue weighted by molar-refractivity contribution is 0.0954. The standard InChI is InChI=1S/C15H24N2OS/c1-3-6-13-17-11(2)14(19-13)15(18)16-10-9-12-7-4-5-8-12/h12H,3-10H2,1-2H3,(H,16,18). The Morgan fingerprint density at radius 3 is 2.84 bits per heavy atom. The maximum atomic E-state index is 12.1. The Morgan fingerprint density at radius 1 is 1.42 bits per heavy atom. The third-order valence-corrected chi connectivity index (χ3v) is 5.04. The normalized spacial score (nSPS) is 15.9. The van der Waals surface area contributed by atoms with Crippen LogP contribution in [0.1, 0.15) is 65.8 Å². The van der Waals surface area contributed by atoms with Crippen LogP contribution in [-0.2, 0) is 6.42 Å². The van der Waals surface area contributed by atoms with E-state index in [2.05, 4.69) is 17.2 Å². The summed E-state index contributed by atoms with van der Waals surface area (Å²) in [4.78, 5) is 17.4. The SMILES string of the molecule is CCCc1nc(C)c(C(=O)NCCC2CCCC2)s1. The van der Waals surface area contributed by atoms with Gasteiger partial charge in [0.1, 0.15) is 4.88 Å². The number of aromatic nitrogens is 1. The number of nitrogens with zero attached hydrogens (tertiary/aromatic N) is 1. The van der Waals surface area contributed by atoms with Crippen molar-refractivity contribution in [3.63, 3.8) is 0 Å². The fourth-order valence-electron chi connectivity index (χ4n) is 2.75. The maximum absolute atomic E-state index is 12.1. The molecule has 4 heteroatoms. The van der Waals surface area contributed by atoms with Gasteiger partial charge in [0.2, 0.25) is 0 Å². The first-order valence-corrected chi connectivity index (χ1v) is 8.27. The topological polar surface area (TPSA) is 42.0 Å². The van der Waals surface area contributed by atoms with E-state index in [4.69, 9.17) is 0 Å². The molecular weight excluding hydrogens is 256 g/mol. The van der Waals surface area contributed by atoms with E-state index in [1.165, 1.54) is 25.7 Å². The average molecular weight is 280 g/mol. The molecule has 0 radical (unpaired) electrons. The second-order valence-corrected chi connectivity index (χ2v) is 6.55. The van der Waals surface area contributed by atoms with Gasteiger partial charge in [0.05, 0.1) is 10.7 Å². The lowest BCUT2D eigenvalue weighted by Gasteiger charge is -2.09. The molecule has 1 aliphatic carbocycles. The third-order valence-electron chi connectivity index (χ3n) is 3.82. The van der Waals surface area contributed by atoms with Crippen molar-refractivity contribution < 1.29 is 4.79 Å². The van der Waals surface area contributed by atoms with Gasteiger partial charge in [-0.2, -0.15) is 0 Å². The first-order chi connectivity index (χ1) is 9.20. The minimum Gasteiger partial charge on any atom is -0.351 e. The van der Waals surface area contributed by atoms with Crippen molar-refractivity contribution in [2.75, 3.05) is 6.54 Å². The molecule has 0 unspecified atom stereocenters. The molecule has 1 amide bonds. The van der Waals surface area contributed by atoms with Gasteiger partial charge in [0.25, 0.3) is 5.91 Å². The van der Waals surface area contributed by atoms with Crippen LogP contribution in [0.15, 0.2) is 0 Å². The summed E-state index contributed by atoms with van der Waals surface area (Å²) in [5, 5.41) is 4.14. The average Bonchev–Trinajstić information content (AvgIpc) is 2.99. The summed E-state index contributed by atoms with van der Waals surface area (Å²) < 4.78 is 0. The van der Waals surface area contributed by atoms with E-state index >= 15 is 0 Å². The van der Waals surface area contributed by atoms with E-state index in [1.54, 1.807) is 11.3 Å². The Labute approximate surface area is 119 Å². The zero-order valence-corrected chi connectivity index (χ0v) is 12.8. The molecule has 0 aromatic carbocycles. The van der Waals surface area contributed by atoms with Gasteiger partial charge >= 0.3 is 0 Å². The minimum absolute atomic E-state index is 0.0651. The molecule has 0 atom stereocenters. The van der Waals surface area contributed by atoms with Crippen LogP contribution in [0.5, 0.6) is 0 Å². The molecule has 3 nitrogen and oxygen atoms in total. The number of carbonyl (C=O) groups excluding carboxylic acids is 1. The van der Waals surface area contributed by atoms with Gasteiger partial charge < -0.3 is 5.32 Å². The maximum Gasteiger partial charge on any atom is 0.263 e. The van der Waals surface area contributed by atoms with Crippen molar-refractivity contribution in [1.29, 1.82) is 0 Å². The summed E-state index contributed by atoms with van der Waals surface area (Å²) >= 11 is 1.55. The zero-order valence-electron chi connectivity index (χ0n) is 12.0. The monoisotopic (exact) mass is 280 g/mol. The van der Waals surface area contributed by atoms with Crippen molar-refractivity contribution in [2.24, 2.45) is 5.92 Å². The van der Waals surface area contributed by atoms with Crippen LogP contribution in [0.25, 0.3) is 0 Å². The van der Waals surface area contributed by atoms with Crippen molar-refractivity contribution in [1.82, 2.24) is 10.3 Å². The van der Waals surface area contributed by atoms with Crippen molar-refractivity contribution in [3.8, 4) is 0 Å². The van der Waals surface area contributed by atoms with Crippen LogP contribution in [0, 0.1) is 12.8 Å². The zero-order chi connectivity index (χ0) is 13.7. The molecule has 19 heavy (non-hydrogen) atoms. The molecule has 0 bridgehead atoms. The Morgan fingerprint density at radius 2 is 2.16 bits per heavy atom. The third kappa shape index (κ3) is 4.03. The molecule has 1 fully saturated rings. The first kappa shape index (κ1) is 14.5. The highest BCUT2D eigenvalue weighted by Crippen LogP contribution is 2.27. The van der Waals surface area contributed by atoms with Gasteiger partial charge in [-0.25, -0.2) is 4.98 Å². The highest BCUT2D eigenvalue weighted by atomic mass is 32.1. The van der Waals surface area contributed by atoms with Gasteiger partial charge in [-0.1, -0.05) is 32.6 Å². The Hall–Kier alpha value is -0.900. The van der Waals surface area contributed by atoms with E-state index in [0.717, 1.165) is 47.3 Å². The summed E-state index contributed by atoms with van der Waals surface area (Å²) in [6.07, 6.45) is 8.61. The number of hydrogen-bond donors (Lipinski definition) is 1. The highest BCUT2D eigenvalue weighted by molar-refractivity contribution is 7.13. The molecule has 2 rings (SSSR count). The molecule has 1 aliphatic rings. The van der Waals surface area contributed by atoms with Crippen LogP contribution in [-0.4, -0.2) is 17.4 Å². The molecule has 0 aliphatic heterocycles.